The van der Waals surface area contributed by atoms with Crippen LogP contribution in [-0.4, -0.2) is 36.0 Å². The van der Waals surface area contributed by atoms with Gasteiger partial charge in [-0.25, -0.2) is 0 Å². The SMILES string of the molecule is COc1ccccc1CC(=O)N1CCCC(C(N)=S)C1. The maximum absolute atomic E-state index is 12.4. The molecule has 1 amide bonds. The van der Waals surface area contributed by atoms with E-state index in [1.165, 1.54) is 0 Å². The zero-order valence-electron chi connectivity index (χ0n) is 11.7. The molecular weight excluding hydrogens is 272 g/mol. The second-order valence-electron chi connectivity index (χ2n) is 5.07. The van der Waals surface area contributed by atoms with Crippen LogP contribution in [0, 0.1) is 5.92 Å². The standard InChI is InChI=1S/C15H20N2O2S/c1-19-13-7-3-2-5-11(13)9-14(18)17-8-4-6-12(10-17)15(16)20/h2-3,5,7,12H,4,6,8-10H2,1H3,(H2,16,20). The minimum Gasteiger partial charge on any atom is -0.496 e. The summed E-state index contributed by atoms with van der Waals surface area (Å²) in [5, 5.41) is 0. The van der Waals surface area contributed by atoms with E-state index >= 15 is 0 Å². The number of nitrogens with zero attached hydrogens (tertiary/aromatic N) is 1. The molecular formula is C15H20N2O2S. The Morgan fingerprint density at radius 3 is 2.95 bits per heavy atom. The Hall–Kier alpha value is -1.62. The van der Waals surface area contributed by atoms with Gasteiger partial charge in [0.2, 0.25) is 5.91 Å². The molecule has 0 aliphatic carbocycles. The molecule has 0 saturated carbocycles. The van der Waals surface area contributed by atoms with Gasteiger partial charge in [0.25, 0.3) is 0 Å². The molecule has 0 bridgehead atoms. The molecule has 1 heterocycles. The molecule has 0 aromatic heterocycles. The van der Waals surface area contributed by atoms with E-state index in [2.05, 4.69) is 0 Å². The van der Waals surface area contributed by atoms with Gasteiger partial charge in [0.1, 0.15) is 5.75 Å². The Kier molecular flexibility index (Phi) is 4.95. The van der Waals surface area contributed by atoms with Crippen molar-refractivity contribution in [3.05, 3.63) is 29.8 Å². The van der Waals surface area contributed by atoms with Crippen LogP contribution in [0.1, 0.15) is 18.4 Å². The van der Waals surface area contributed by atoms with Crippen LogP contribution in [0.25, 0.3) is 0 Å². The van der Waals surface area contributed by atoms with Crippen LogP contribution in [0.5, 0.6) is 5.75 Å². The first-order chi connectivity index (χ1) is 9.61. The number of carbonyl (C=O) groups is 1. The number of thiocarbonyl (C=S) groups is 1. The Morgan fingerprint density at radius 2 is 2.25 bits per heavy atom. The summed E-state index contributed by atoms with van der Waals surface area (Å²) in [6.45, 7) is 1.43. The summed E-state index contributed by atoms with van der Waals surface area (Å²) in [4.78, 5) is 14.8. The highest BCUT2D eigenvalue weighted by Gasteiger charge is 2.25. The molecule has 4 nitrogen and oxygen atoms in total. The van der Waals surface area contributed by atoms with Gasteiger partial charge in [0, 0.05) is 24.6 Å². The van der Waals surface area contributed by atoms with Crippen LogP contribution in [0.2, 0.25) is 0 Å². The fraction of sp³-hybridized carbons (Fsp3) is 0.467. The van der Waals surface area contributed by atoms with Crippen molar-refractivity contribution in [3.8, 4) is 5.75 Å². The average molecular weight is 292 g/mol. The van der Waals surface area contributed by atoms with E-state index in [0.717, 1.165) is 30.7 Å². The van der Waals surface area contributed by atoms with Gasteiger partial charge in [0.05, 0.1) is 18.5 Å². The van der Waals surface area contributed by atoms with Gasteiger partial charge in [-0.1, -0.05) is 30.4 Å². The Labute approximate surface area is 124 Å². The highest BCUT2D eigenvalue weighted by molar-refractivity contribution is 7.80. The summed E-state index contributed by atoms with van der Waals surface area (Å²) in [5.41, 5.74) is 6.62. The minimum atomic E-state index is 0.107. The van der Waals surface area contributed by atoms with Crippen molar-refractivity contribution in [2.45, 2.75) is 19.3 Å². The molecule has 1 aromatic rings. The predicted octanol–water partition coefficient (Wildman–Crippen LogP) is 1.76. The molecule has 108 valence electrons. The second kappa shape index (κ2) is 6.70. The highest BCUT2D eigenvalue weighted by atomic mass is 32.1. The van der Waals surface area contributed by atoms with E-state index in [-0.39, 0.29) is 11.8 Å². The van der Waals surface area contributed by atoms with Crippen LogP contribution in [0.3, 0.4) is 0 Å². The van der Waals surface area contributed by atoms with Gasteiger partial charge >= 0.3 is 0 Å². The van der Waals surface area contributed by atoms with Gasteiger partial charge in [-0.3, -0.25) is 4.79 Å². The molecule has 0 spiro atoms. The fourth-order valence-electron chi connectivity index (χ4n) is 2.56. The first kappa shape index (κ1) is 14.8. The maximum atomic E-state index is 12.4. The lowest BCUT2D eigenvalue weighted by molar-refractivity contribution is -0.131. The van der Waals surface area contributed by atoms with Crippen molar-refractivity contribution >= 4 is 23.1 Å². The molecule has 0 radical (unpaired) electrons. The first-order valence-corrected chi connectivity index (χ1v) is 7.21. The van der Waals surface area contributed by atoms with E-state index < -0.39 is 0 Å². The first-order valence-electron chi connectivity index (χ1n) is 6.80. The molecule has 1 saturated heterocycles. The normalized spacial score (nSPS) is 18.6. The monoisotopic (exact) mass is 292 g/mol. The van der Waals surface area contributed by atoms with Gasteiger partial charge < -0.3 is 15.4 Å². The van der Waals surface area contributed by atoms with Crippen LogP contribution in [0.15, 0.2) is 24.3 Å². The number of nitrogens with two attached hydrogens (primary N) is 1. The lowest BCUT2D eigenvalue weighted by atomic mass is 9.97. The molecule has 1 aliphatic heterocycles. The molecule has 2 rings (SSSR count). The average Bonchev–Trinajstić information content (AvgIpc) is 2.48. The van der Waals surface area contributed by atoms with Crippen molar-refractivity contribution in [1.82, 2.24) is 4.90 Å². The smallest absolute Gasteiger partial charge is 0.227 e. The third-order valence-electron chi connectivity index (χ3n) is 3.71. The highest BCUT2D eigenvalue weighted by Crippen LogP contribution is 2.21. The van der Waals surface area contributed by atoms with E-state index in [1.807, 2.05) is 29.2 Å². The van der Waals surface area contributed by atoms with E-state index in [4.69, 9.17) is 22.7 Å². The number of methoxy groups -OCH3 is 1. The van der Waals surface area contributed by atoms with Crippen LogP contribution in [0.4, 0.5) is 0 Å². The molecule has 1 aromatic carbocycles. The Balaban J connectivity index is 2.02. The summed E-state index contributed by atoms with van der Waals surface area (Å²) in [5.74, 6) is 1.01. The zero-order valence-corrected chi connectivity index (χ0v) is 12.5. The Morgan fingerprint density at radius 1 is 1.50 bits per heavy atom. The van der Waals surface area contributed by atoms with Crippen LogP contribution in [-0.2, 0) is 11.2 Å². The van der Waals surface area contributed by atoms with Crippen LogP contribution >= 0.6 is 12.2 Å². The second-order valence-corrected chi connectivity index (χ2v) is 5.54. The Bertz CT molecular complexity index is 504. The van der Waals surface area contributed by atoms with Gasteiger partial charge in [-0.15, -0.1) is 0 Å². The van der Waals surface area contributed by atoms with E-state index in [1.54, 1.807) is 7.11 Å². The number of hydrogen-bond acceptors (Lipinski definition) is 3. The predicted molar refractivity (Wildman–Crippen MR) is 82.8 cm³/mol. The van der Waals surface area contributed by atoms with Crippen molar-refractivity contribution < 1.29 is 9.53 Å². The molecule has 20 heavy (non-hydrogen) atoms. The van der Waals surface area contributed by atoms with Crippen molar-refractivity contribution in [3.63, 3.8) is 0 Å². The topological polar surface area (TPSA) is 55.6 Å². The summed E-state index contributed by atoms with van der Waals surface area (Å²) >= 11 is 5.04. The molecule has 2 N–H and O–H groups in total. The molecule has 1 atom stereocenters. The van der Waals surface area contributed by atoms with E-state index in [0.29, 0.717) is 18.0 Å². The van der Waals surface area contributed by atoms with Crippen LogP contribution < -0.4 is 10.5 Å². The number of piperidine rings is 1. The summed E-state index contributed by atoms with van der Waals surface area (Å²) in [6, 6.07) is 7.61. The zero-order chi connectivity index (χ0) is 14.5. The number of para-hydroxylation sites is 1. The number of likely N-dealkylation sites (tertiary alicyclic amines) is 1. The minimum absolute atomic E-state index is 0.107. The molecule has 1 fully saturated rings. The number of hydrogen-bond donors (Lipinski definition) is 1. The summed E-state index contributed by atoms with van der Waals surface area (Å²) in [6.07, 6.45) is 2.29. The largest absolute Gasteiger partial charge is 0.496 e. The lowest BCUT2D eigenvalue weighted by Gasteiger charge is -2.32. The number of benzene rings is 1. The molecule has 1 unspecified atom stereocenters. The third kappa shape index (κ3) is 3.48. The van der Waals surface area contributed by atoms with Gasteiger partial charge in [0.15, 0.2) is 0 Å². The quantitative estimate of drug-likeness (QED) is 0.859. The molecule has 5 heteroatoms. The maximum Gasteiger partial charge on any atom is 0.227 e. The van der Waals surface area contributed by atoms with E-state index in [9.17, 15) is 4.79 Å². The summed E-state index contributed by atoms with van der Waals surface area (Å²) < 4.78 is 5.28. The van der Waals surface area contributed by atoms with Crippen molar-refractivity contribution in [2.24, 2.45) is 11.7 Å². The fourth-order valence-corrected chi connectivity index (χ4v) is 2.75. The van der Waals surface area contributed by atoms with Gasteiger partial charge in [-0.05, 0) is 18.9 Å². The molecule has 1 aliphatic rings. The van der Waals surface area contributed by atoms with Gasteiger partial charge in [-0.2, -0.15) is 0 Å². The third-order valence-corrected chi connectivity index (χ3v) is 4.04. The van der Waals surface area contributed by atoms with Crippen molar-refractivity contribution in [2.75, 3.05) is 20.2 Å². The summed E-state index contributed by atoms with van der Waals surface area (Å²) in [7, 11) is 1.62. The number of carbonyl (C=O) groups excluding carboxylic acids is 1. The lowest BCUT2D eigenvalue weighted by Crippen LogP contribution is -2.44. The number of ether oxygens (including phenoxy) is 1. The number of amides is 1. The number of rotatable bonds is 4. The van der Waals surface area contributed by atoms with Crippen molar-refractivity contribution in [1.29, 1.82) is 0 Å².